The quantitative estimate of drug-likeness (QED) is 0.140. The van der Waals surface area contributed by atoms with Gasteiger partial charge in [0.1, 0.15) is 0 Å². The molecule has 22 rings (SSSR count). The second-order valence-electron chi connectivity index (χ2n) is 28.4. The molecule has 0 spiro atoms. The molecule has 2 radical (unpaired) electrons. The third-order valence-corrected chi connectivity index (χ3v) is 60.2. The van der Waals surface area contributed by atoms with E-state index in [1.807, 2.05) is 243 Å². The largest absolute Gasteiger partial charge is 0.515 e. The molecule has 6 aliphatic heterocycles. The maximum atomic E-state index is 14.5. The lowest BCUT2D eigenvalue weighted by molar-refractivity contribution is 0.0292. The van der Waals surface area contributed by atoms with Crippen LogP contribution in [0.1, 0.15) is 11.1 Å². The molecule has 12 aromatic carbocycles. The highest BCUT2D eigenvalue weighted by Gasteiger charge is 2.82. The number of aromatic nitrogens is 2. The minimum absolute atomic E-state index is 0.0840. The molecule has 0 amide bonds. The van der Waals surface area contributed by atoms with Gasteiger partial charge in [-0.2, -0.15) is 0 Å². The molecule has 0 N–H and O–H groups in total. The van der Waals surface area contributed by atoms with Crippen LogP contribution < -0.4 is 86.2 Å². The maximum absolute atomic E-state index is 14.5. The number of hydrogen-bond acceptors (Lipinski definition) is 24. The second kappa shape index (κ2) is 28.3. The van der Waals surface area contributed by atoms with Gasteiger partial charge in [-0.1, -0.05) is 267 Å². The molecule has 118 heavy (non-hydrogen) atoms. The van der Waals surface area contributed by atoms with Gasteiger partial charge in [-0.25, -0.2) is 28.3 Å². The lowest BCUT2D eigenvalue weighted by atomic mass is 10.1. The van der Waals surface area contributed by atoms with Crippen molar-refractivity contribution in [3.05, 3.63) is 410 Å². The summed E-state index contributed by atoms with van der Waals surface area (Å²) in [6.45, 7) is 0. The highest BCUT2D eigenvalue weighted by Crippen LogP contribution is 2.46. The van der Waals surface area contributed by atoms with Crippen LogP contribution in [-0.2, 0) is 69.7 Å². The summed E-state index contributed by atoms with van der Waals surface area (Å²) in [5.41, 5.74) is -5.26. The molecule has 0 aliphatic carbocycles. The van der Waals surface area contributed by atoms with Gasteiger partial charge >= 0.3 is 112 Å². The van der Waals surface area contributed by atoms with Crippen molar-refractivity contribution in [3.8, 4) is 11.4 Å². The summed E-state index contributed by atoms with van der Waals surface area (Å²) in [5, 5.41) is 1.84. The molecule has 26 nitrogen and oxygen atoms in total. The fraction of sp³-hybridized carbons (Fsp3) is 0.0244. The number of rotatable bonds is 14. The van der Waals surface area contributed by atoms with E-state index in [-0.39, 0.29) is 66.6 Å². The van der Waals surface area contributed by atoms with Gasteiger partial charge in [0.05, 0.1) is 54.5 Å². The van der Waals surface area contributed by atoms with Crippen molar-refractivity contribution >= 4 is 174 Å². The van der Waals surface area contributed by atoms with Crippen LogP contribution in [0, 0.1) is 0 Å². The first-order chi connectivity index (χ1) is 57.4. The summed E-state index contributed by atoms with van der Waals surface area (Å²) in [6, 6.07) is 91.0. The van der Waals surface area contributed by atoms with Crippen LogP contribution in [0.5, 0.6) is 0 Å². The van der Waals surface area contributed by atoms with Crippen LogP contribution in [0.3, 0.4) is 0 Å². The Balaban J connectivity index is 0.854. The third kappa shape index (κ3) is 12.2. The fourth-order valence-electron chi connectivity index (χ4n) is 15.6. The van der Waals surface area contributed by atoms with E-state index in [1.165, 1.54) is 24.3 Å². The predicted octanol–water partition coefficient (Wildman–Crippen LogP) is 3.61. The summed E-state index contributed by atoms with van der Waals surface area (Å²) in [4.78, 5) is 109. The van der Waals surface area contributed by atoms with Crippen LogP contribution in [-0.4, -0.2) is 98.1 Å². The van der Waals surface area contributed by atoms with Crippen LogP contribution in [0.4, 0.5) is 0 Å². The average molecular weight is 1730 g/mol. The highest BCUT2D eigenvalue weighted by molar-refractivity contribution is 7.11. The first-order valence-electron chi connectivity index (χ1n) is 37.2. The van der Waals surface area contributed by atoms with E-state index in [9.17, 15) is 38.4 Å². The summed E-state index contributed by atoms with van der Waals surface area (Å²) < 4.78 is 131. The topological polar surface area (TPSA) is 302 Å². The van der Waals surface area contributed by atoms with Gasteiger partial charge < -0.3 is 66.4 Å². The van der Waals surface area contributed by atoms with Gasteiger partial charge in [-0.15, -0.1) is 0 Å². The van der Waals surface area contributed by atoms with Crippen molar-refractivity contribution in [2.75, 3.05) is 0 Å². The van der Waals surface area contributed by atoms with E-state index in [2.05, 4.69) is 0 Å². The summed E-state index contributed by atoms with van der Waals surface area (Å²) in [5.74, 6) is 0. The Morgan fingerprint density at radius 1 is 0.212 bits per heavy atom. The second-order valence-corrected chi connectivity index (χ2v) is 55.5. The van der Waals surface area contributed by atoms with Crippen molar-refractivity contribution in [2.24, 2.45) is 0 Å². The van der Waals surface area contributed by atoms with Crippen molar-refractivity contribution in [1.29, 1.82) is 0 Å². The molecule has 6 fully saturated rings. The van der Waals surface area contributed by atoms with Crippen LogP contribution in [0.2, 0.25) is 0 Å². The van der Waals surface area contributed by atoms with Crippen molar-refractivity contribution in [3.63, 3.8) is 0 Å². The Morgan fingerprint density at radius 2 is 0.390 bits per heavy atom. The van der Waals surface area contributed by atoms with E-state index in [0.717, 1.165) is 9.13 Å². The van der Waals surface area contributed by atoms with Crippen LogP contribution >= 0.6 is 0 Å². The normalized spacial score (nSPS) is 25.4. The summed E-state index contributed by atoms with van der Waals surface area (Å²) in [7, 11) is -50.5. The molecule has 0 atom stereocenters. The number of hydrogen-bond donors (Lipinski definition) is 0. The summed E-state index contributed by atoms with van der Waals surface area (Å²) in [6.07, 6.45) is 0. The average Bonchev–Trinajstić information content (AvgIpc) is 1.11. The van der Waals surface area contributed by atoms with E-state index in [1.54, 1.807) is 48.5 Å². The third-order valence-electron chi connectivity index (χ3n) is 21.1. The molecule has 0 saturated carbocycles. The number of nitrogens with zero attached hydrogens (tertiary/aromatic N) is 2. The van der Waals surface area contributed by atoms with Crippen LogP contribution in [0.15, 0.2) is 363 Å². The first-order valence-corrected chi connectivity index (χ1v) is 54.0. The Hall–Kier alpha value is -11.2. The minimum atomic E-state index is -5.54. The van der Waals surface area contributed by atoms with Gasteiger partial charge in [0, 0.05) is 53.6 Å². The SMILES string of the molecule is O=c1oc(=O)c2cc3c(=O)n(-c4ccc(C[Si]5O[Si]6(c7ccccc7)O[Si]7(c8ccccc8)O[Si]8(c9ccccc9)O[Si](Cc9ccc(-n%10c(=O)c%11cc%12c(=O)oc(=O)c%12cc%11c%10=O)cc9)O[Si]9(c%10ccccc%10)O[Si](c%10ccccc%10)(O[Si](c%10ccccc%10)(O5)O[Si](c5ccccc5)(O9)O[Si](c5ccccc5)(O6)O8)O7)cc4)c(=O)c3cc12. The molecule has 578 valence electrons. The highest BCUT2D eigenvalue weighted by atomic mass is 28.6. The van der Waals surface area contributed by atoms with Crippen molar-refractivity contribution in [1.82, 2.24) is 9.13 Å². The molecule has 36 heteroatoms. The molecule has 0 unspecified atom stereocenters. The molecule has 6 saturated heterocycles. The zero-order valence-corrected chi connectivity index (χ0v) is 71.1. The lowest BCUT2D eigenvalue weighted by Gasteiger charge is -2.59. The van der Waals surface area contributed by atoms with Gasteiger partial charge in [0.2, 0.25) is 0 Å². The Labute approximate surface area is 677 Å². The predicted molar refractivity (Wildman–Crippen MR) is 450 cm³/mol. The van der Waals surface area contributed by atoms with Gasteiger partial charge in [-0.05, 0) is 59.7 Å². The molecule has 8 bridgehead atoms. The number of furan rings is 2. The maximum Gasteiger partial charge on any atom is 0.515 e. The van der Waals surface area contributed by atoms with E-state index in [0.29, 0.717) is 52.6 Å². The monoisotopic (exact) mass is 1730 g/mol. The lowest BCUT2D eigenvalue weighted by Crippen LogP contribution is -2.92. The van der Waals surface area contributed by atoms with Crippen molar-refractivity contribution in [2.45, 2.75) is 12.1 Å². The smallest absolute Gasteiger partial charge is 0.390 e. The number of benzene rings is 12. The molecule has 16 aromatic rings. The van der Waals surface area contributed by atoms with Crippen LogP contribution in [0.25, 0.3) is 54.5 Å². The van der Waals surface area contributed by atoms with Gasteiger partial charge in [0.15, 0.2) is 0 Å². The standard InChI is InChI=1S/C82H56N2O24Si10/c85-75-67-49-71-72(80(90)93-79(71)89)50-68(67)76(86)83(75)57-45-41-55(42-46-57)53-109-95-111(59-25-9-1-10-26-59)99-115(63-33-17-5-18-34-63)101-113(61-29-13-3-14-30-61)97-110(54-56-43-47-58(48-44-56)84-77(87)69-51-73-74(52-70(69)78(84)88)82(92)94-81(73)91)98-114(62-31-15-4-16-32-62)105-117(107-115,65-37-21-7-22-38-65)103-112(96-109,60-27-11-2-12-28-60)104-118(106-114,66-39-23-8-24-40-66)108-116(100-111,102-113)64-35-19-6-20-36-64/h1-52H,53-54H2. The number of fused-ring (bicyclic) bond motifs is 8. The summed E-state index contributed by atoms with van der Waals surface area (Å²) >= 11 is 0. The first kappa shape index (κ1) is 74.4. The molecule has 4 aromatic heterocycles. The zero-order chi connectivity index (χ0) is 80.0. The zero-order valence-electron chi connectivity index (χ0n) is 61.1. The molecule has 6 aliphatic rings. The fourth-order valence-corrected chi connectivity index (χ4v) is 67.0. The van der Waals surface area contributed by atoms with Gasteiger partial charge in [-0.3, -0.25) is 19.2 Å². The van der Waals surface area contributed by atoms with E-state index in [4.69, 9.17) is 66.4 Å². The molecular weight excluding hydrogens is 1680 g/mol. The van der Waals surface area contributed by atoms with Crippen molar-refractivity contribution < 1.29 is 66.4 Å². The van der Waals surface area contributed by atoms with E-state index < -0.39 is 134 Å². The van der Waals surface area contributed by atoms with Gasteiger partial charge in [0.25, 0.3) is 22.2 Å². The Bertz CT molecular complexity index is 6290. The van der Waals surface area contributed by atoms with E-state index >= 15 is 0 Å². The minimum Gasteiger partial charge on any atom is -0.390 e. The Morgan fingerprint density at radius 3 is 0.585 bits per heavy atom. The Kier molecular flexibility index (Phi) is 17.8. The molecule has 10 heterocycles. The molecular formula is C82H56N2O24Si10.